The van der Waals surface area contributed by atoms with Crippen molar-refractivity contribution < 1.29 is 24.0 Å². The van der Waals surface area contributed by atoms with Gasteiger partial charge in [-0.2, -0.15) is 0 Å². The van der Waals surface area contributed by atoms with Gasteiger partial charge in [-0.1, -0.05) is 141 Å². The Bertz CT molecular complexity index is 1500. The van der Waals surface area contributed by atoms with E-state index in [4.69, 9.17) is 0 Å². The average Bonchev–Trinajstić information content (AvgIpc) is 3.46. The van der Waals surface area contributed by atoms with Crippen LogP contribution in [-0.2, 0) is 24.0 Å². The molecule has 2 atom stereocenters. The highest BCUT2D eigenvalue weighted by atomic mass is 16.2. The fourth-order valence-electron chi connectivity index (χ4n) is 16.5. The van der Waals surface area contributed by atoms with Crippen molar-refractivity contribution >= 4 is 29.5 Å². The summed E-state index contributed by atoms with van der Waals surface area (Å²) in [6, 6.07) is 2.79. The first-order valence-electron chi connectivity index (χ1n) is 31.5. The molecule has 5 amide bonds. The third-order valence-corrected chi connectivity index (χ3v) is 20.9. The van der Waals surface area contributed by atoms with E-state index in [9.17, 15) is 24.0 Å². The highest BCUT2D eigenvalue weighted by molar-refractivity contribution is 5.86. The quantitative estimate of drug-likeness (QED) is 0.194. The Kier molecular flexibility index (Phi) is 21.6. The monoisotopic (exact) mass is 1000 g/mol. The normalized spacial score (nSPS) is 29.5. The summed E-state index contributed by atoms with van der Waals surface area (Å²) in [5, 5.41) is 0. The van der Waals surface area contributed by atoms with E-state index in [0.717, 1.165) is 64.2 Å². The Labute approximate surface area is 439 Å². The standard InChI is InChI=1S/C32H54N2O2.C30H51N3O3/c35-31(33(27-16-5-1-6-17-27)28-18-7-2-8-19-28)25-14-13-15-26(24-25)32(36)34(29-20-9-3-10-21-29)30-22-11-4-12-23-30;1-31(25-13-7-4-8-14-25)28(34)22-19-23(29(35)32(2)26-15-9-5-10-16-26)21-24(20-22)30(36)33(3)27-17-11-6-12-18-27/h25-30H,1-24H2;22-27H,4-21H2,1-3H3. The van der Waals surface area contributed by atoms with Crippen molar-refractivity contribution in [1.29, 1.82) is 0 Å². The molecule has 9 rings (SSSR count). The number of nitrogens with zero attached hydrogens (tertiary/aromatic N) is 5. The van der Waals surface area contributed by atoms with Gasteiger partial charge in [0.15, 0.2) is 0 Å². The van der Waals surface area contributed by atoms with Crippen LogP contribution < -0.4 is 0 Å². The minimum Gasteiger partial charge on any atom is -0.343 e. The topological polar surface area (TPSA) is 102 Å². The lowest BCUT2D eigenvalue weighted by Gasteiger charge is -2.46. The molecule has 0 N–H and O–H groups in total. The molecule has 408 valence electrons. The van der Waals surface area contributed by atoms with Crippen molar-refractivity contribution in [2.45, 2.75) is 312 Å². The number of amides is 5. The minimum atomic E-state index is -0.229. The molecule has 0 aromatic heterocycles. The first kappa shape index (κ1) is 55.6. The van der Waals surface area contributed by atoms with Crippen molar-refractivity contribution in [1.82, 2.24) is 24.5 Å². The number of hydrogen-bond acceptors (Lipinski definition) is 5. The molecule has 10 heteroatoms. The van der Waals surface area contributed by atoms with Crippen LogP contribution in [0.4, 0.5) is 0 Å². The zero-order valence-electron chi connectivity index (χ0n) is 46.4. The van der Waals surface area contributed by atoms with Gasteiger partial charge >= 0.3 is 0 Å². The molecule has 72 heavy (non-hydrogen) atoms. The Hall–Kier alpha value is -2.65. The van der Waals surface area contributed by atoms with Crippen molar-refractivity contribution in [3.05, 3.63) is 0 Å². The smallest absolute Gasteiger partial charge is 0.226 e. The molecular formula is C62H105N5O5. The van der Waals surface area contributed by atoms with Crippen molar-refractivity contribution in [2.75, 3.05) is 21.1 Å². The number of hydrogen-bond donors (Lipinski definition) is 0. The highest BCUT2D eigenvalue weighted by Gasteiger charge is 2.45. The fraction of sp³-hybridized carbons (Fsp3) is 0.919. The molecule has 0 saturated heterocycles. The number of carbonyl (C=O) groups is 5. The second-order valence-electron chi connectivity index (χ2n) is 25.7. The van der Waals surface area contributed by atoms with Crippen molar-refractivity contribution in [2.24, 2.45) is 29.6 Å². The van der Waals surface area contributed by atoms with E-state index in [1.165, 1.54) is 186 Å². The van der Waals surface area contributed by atoms with E-state index in [1.54, 1.807) is 0 Å². The van der Waals surface area contributed by atoms with Gasteiger partial charge in [-0.05, 0) is 128 Å². The number of rotatable bonds is 12. The van der Waals surface area contributed by atoms with Crippen LogP contribution in [0.25, 0.3) is 0 Å². The second kappa shape index (κ2) is 27.9. The number of carbonyl (C=O) groups excluding carboxylic acids is 5. The van der Waals surface area contributed by atoms with Crippen molar-refractivity contribution in [3.8, 4) is 0 Å². The van der Waals surface area contributed by atoms with Gasteiger partial charge in [0.1, 0.15) is 0 Å². The minimum absolute atomic E-state index is 0.0797. The largest absolute Gasteiger partial charge is 0.343 e. The van der Waals surface area contributed by atoms with E-state index in [1.807, 2.05) is 35.8 Å². The first-order valence-corrected chi connectivity index (χ1v) is 31.5. The van der Waals surface area contributed by atoms with Crippen molar-refractivity contribution in [3.63, 3.8) is 0 Å². The van der Waals surface area contributed by atoms with Crippen LogP contribution in [0.3, 0.4) is 0 Å². The van der Waals surface area contributed by atoms with E-state index in [2.05, 4.69) is 9.80 Å². The molecule has 10 nitrogen and oxygen atoms in total. The molecule has 9 aliphatic rings. The summed E-state index contributed by atoms with van der Waals surface area (Å²) in [4.78, 5) is 80.5. The van der Waals surface area contributed by atoms with Crippen LogP contribution in [0, 0.1) is 29.6 Å². The molecule has 9 fully saturated rings. The fourth-order valence-corrected chi connectivity index (χ4v) is 16.5. The second-order valence-corrected chi connectivity index (χ2v) is 25.7. The van der Waals surface area contributed by atoms with Gasteiger partial charge in [-0.25, -0.2) is 0 Å². The molecule has 9 aliphatic carbocycles. The summed E-state index contributed by atoms with van der Waals surface area (Å²) < 4.78 is 0. The van der Waals surface area contributed by atoms with Gasteiger partial charge < -0.3 is 24.5 Å². The Morgan fingerprint density at radius 1 is 0.222 bits per heavy atom. The summed E-state index contributed by atoms with van der Waals surface area (Å²) in [6.07, 6.45) is 48.3. The molecule has 0 aromatic carbocycles. The lowest BCUT2D eigenvalue weighted by Crippen LogP contribution is -2.53. The molecule has 2 unspecified atom stereocenters. The average molecular weight is 1000 g/mol. The zero-order chi connectivity index (χ0) is 50.4. The summed E-state index contributed by atoms with van der Waals surface area (Å²) in [5.74, 6) is 0.844. The van der Waals surface area contributed by atoms with E-state index in [-0.39, 0.29) is 47.3 Å². The first-order chi connectivity index (χ1) is 35.1. The maximum absolute atomic E-state index is 14.2. The van der Waals surface area contributed by atoms with Crippen LogP contribution in [0.1, 0.15) is 270 Å². The van der Waals surface area contributed by atoms with Crippen LogP contribution in [0.2, 0.25) is 0 Å². The maximum Gasteiger partial charge on any atom is 0.226 e. The lowest BCUT2D eigenvalue weighted by molar-refractivity contribution is -0.150. The Morgan fingerprint density at radius 2 is 0.417 bits per heavy atom. The van der Waals surface area contributed by atoms with Crippen LogP contribution >= 0.6 is 0 Å². The van der Waals surface area contributed by atoms with Gasteiger partial charge in [0.25, 0.3) is 0 Å². The van der Waals surface area contributed by atoms with Crippen LogP contribution in [-0.4, -0.2) is 117 Å². The summed E-state index contributed by atoms with van der Waals surface area (Å²) in [5.41, 5.74) is 0. The summed E-state index contributed by atoms with van der Waals surface area (Å²) >= 11 is 0. The van der Waals surface area contributed by atoms with E-state index in [0.29, 0.717) is 73.4 Å². The Morgan fingerprint density at radius 3 is 0.639 bits per heavy atom. The maximum atomic E-state index is 14.2. The SMILES string of the molecule is CN(C(=O)C1CC(C(=O)N(C)C2CCCCC2)CC(C(=O)N(C)C2CCCCC2)C1)C1CCCCC1.O=C(C1CCCC(C(=O)N(C2CCCCC2)C2CCCCC2)C1)N(C1CCCCC1)C1CCCCC1. The molecular weight excluding hydrogens is 895 g/mol. The predicted molar refractivity (Wildman–Crippen MR) is 290 cm³/mol. The molecule has 0 radical (unpaired) electrons. The van der Waals surface area contributed by atoms with Gasteiger partial charge in [0.05, 0.1) is 0 Å². The van der Waals surface area contributed by atoms with Crippen LogP contribution in [0.15, 0.2) is 0 Å². The van der Waals surface area contributed by atoms with Gasteiger partial charge in [0.2, 0.25) is 29.5 Å². The van der Waals surface area contributed by atoms with Gasteiger partial charge in [-0.15, -0.1) is 0 Å². The summed E-state index contributed by atoms with van der Waals surface area (Å²) in [6.45, 7) is 0. The van der Waals surface area contributed by atoms with E-state index < -0.39 is 0 Å². The highest BCUT2D eigenvalue weighted by Crippen LogP contribution is 2.41. The van der Waals surface area contributed by atoms with E-state index >= 15 is 0 Å². The lowest BCUT2D eigenvalue weighted by atomic mass is 9.73. The molecule has 0 bridgehead atoms. The van der Waals surface area contributed by atoms with Crippen LogP contribution in [0.5, 0.6) is 0 Å². The molecule has 0 spiro atoms. The molecule has 9 saturated carbocycles. The molecule has 0 aromatic rings. The summed E-state index contributed by atoms with van der Waals surface area (Å²) in [7, 11) is 5.88. The third kappa shape index (κ3) is 14.4. The molecule has 0 aliphatic heterocycles. The predicted octanol–water partition coefficient (Wildman–Crippen LogP) is 13.2. The molecule has 0 heterocycles. The third-order valence-electron chi connectivity index (χ3n) is 20.9. The van der Waals surface area contributed by atoms with Gasteiger partial charge in [0, 0.05) is 93.0 Å². The van der Waals surface area contributed by atoms with Gasteiger partial charge in [-0.3, -0.25) is 24.0 Å². The zero-order valence-corrected chi connectivity index (χ0v) is 46.4. The Balaban J connectivity index is 0.000000193.